The maximum absolute atomic E-state index is 12.4. The van der Waals surface area contributed by atoms with Crippen LogP contribution in [0.2, 0.25) is 0 Å². The zero-order valence-electron chi connectivity index (χ0n) is 11.6. The number of pyridine rings is 1. The van der Waals surface area contributed by atoms with E-state index in [-0.39, 0.29) is 5.91 Å². The Morgan fingerprint density at radius 2 is 2.05 bits per heavy atom. The summed E-state index contributed by atoms with van der Waals surface area (Å²) in [7, 11) is 0. The van der Waals surface area contributed by atoms with Crippen molar-refractivity contribution in [2.45, 2.75) is 38.6 Å². The van der Waals surface area contributed by atoms with Gasteiger partial charge in [0.05, 0.1) is 0 Å². The van der Waals surface area contributed by atoms with E-state index in [9.17, 15) is 4.79 Å². The van der Waals surface area contributed by atoms with Gasteiger partial charge >= 0.3 is 0 Å². The number of benzene rings is 1. The summed E-state index contributed by atoms with van der Waals surface area (Å²) < 4.78 is 0. The van der Waals surface area contributed by atoms with Gasteiger partial charge in [-0.3, -0.25) is 9.78 Å². The van der Waals surface area contributed by atoms with Crippen LogP contribution in [0.3, 0.4) is 0 Å². The molecular weight excluding hydrogens is 250 g/mol. The highest BCUT2D eigenvalue weighted by Gasteiger charge is 2.20. The third-order valence-electron chi connectivity index (χ3n) is 3.96. The summed E-state index contributed by atoms with van der Waals surface area (Å²) in [5.41, 5.74) is 8.24. The molecule has 4 nitrogen and oxygen atoms in total. The summed E-state index contributed by atoms with van der Waals surface area (Å²) in [5.74, 6) is -0.0903. The molecule has 104 valence electrons. The zero-order valence-corrected chi connectivity index (χ0v) is 11.6. The third-order valence-corrected chi connectivity index (χ3v) is 3.96. The van der Waals surface area contributed by atoms with Crippen molar-refractivity contribution in [3.8, 4) is 0 Å². The molecule has 1 aromatic carbocycles. The SMILES string of the molecule is Cc1cc(N)c2ccnc(C(=O)NC3CCCC3)c2c1. The van der Waals surface area contributed by atoms with Crippen molar-refractivity contribution < 1.29 is 4.79 Å². The highest BCUT2D eigenvalue weighted by atomic mass is 16.1. The van der Waals surface area contributed by atoms with Gasteiger partial charge < -0.3 is 11.1 Å². The zero-order chi connectivity index (χ0) is 14.1. The Labute approximate surface area is 118 Å². The fraction of sp³-hybridized carbons (Fsp3) is 0.375. The molecule has 0 spiro atoms. The number of aryl methyl sites for hydroxylation is 1. The molecule has 0 bridgehead atoms. The molecule has 20 heavy (non-hydrogen) atoms. The molecule has 3 N–H and O–H groups in total. The number of nitrogens with two attached hydrogens (primary N) is 1. The van der Waals surface area contributed by atoms with Crippen molar-refractivity contribution in [1.29, 1.82) is 0 Å². The maximum Gasteiger partial charge on any atom is 0.270 e. The summed E-state index contributed by atoms with van der Waals surface area (Å²) in [4.78, 5) is 16.7. The number of nitrogens with zero attached hydrogens (tertiary/aromatic N) is 1. The first-order valence-electron chi connectivity index (χ1n) is 7.11. The van der Waals surface area contributed by atoms with Crippen molar-refractivity contribution >= 4 is 22.4 Å². The van der Waals surface area contributed by atoms with Crippen LogP contribution < -0.4 is 11.1 Å². The molecule has 3 rings (SSSR count). The average molecular weight is 269 g/mol. The van der Waals surface area contributed by atoms with E-state index in [2.05, 4.69) is 10.3 Å². The van der Waals surface area contributed by atoms with E-state index in [4.69, 9.17) is 5.73 Å². The summed E-state index contributed by atoms with van der Waals surface area (Å²) in [5, 5.41) is 4.81. The molecule has 1 fully saturated rings. The van der Waals surface area contributed by atoms with Crippen molar-refractivity contribution in [3.05, 3.63) is 35.7 Å². The first kappa shape index (κ1) is 12.9. The molecule has 0 aliphatic heterocycles. The van der Waals surface area contributed by atoms with Crippen LogP contribution in [0.15, 0.2) is 24.4 Å². The monoisotopic (exact) mass is 269 g/mol. The first-order valence-corrected chi connectivity index (χ1v) is 7.11. The Balaban J connectivity index is 2.00. The second kappa shape index (κ2) is 5.12. The molecule has 1 aromatic heterocycles. The second-order valence-corrected chi connectivity index (χ2v) is 5.56. The molecule has 0 saturated heterocycles. The number of nitrogen functional groups attached to an aromatic ring is 1. The molecule has 2 aromatic rings. The van der Waals surface area contributed by atoms with Gasteiger partial charge in [0.25, 0.3) is 5.91 Å². The van der Waals surface area contributed by atoms with E-state index < -0.39 is 0 Å². The molecule has 4 heteroatoms. The Kier molecular flexibility index (Phi) is 3.30. The quantitative estimate of drug-likeness (QED) is 0.824. The summed E-state index contributed by atoms with van der Waals surface area (Å²) in [6.45, 7) is 1.97. The molecule has 1 amide bonds. The summed E-state index contributed by atoms with van der Waals surface area (Å²) in [6.07, 6.45) is 6.17. The van der Waals surface area contributed by atoms with Crippen LogP contribution in [-0.2, 0) is 0 Å². The number of fused-ring (bicyclic) bond motifs is 1. The highest BCUT2D eigenvalue weighted by molar-refractivity contribution is 6.08. The minimum atomic E-state index is -0.0903. The number of carbonyl (C=O) groups excluding carboxylic acids is 1. The number of rotatable bonds is 2. The number of aromatic nitrogens is 1. The molecule has 0 atom stereocenters. The van der Waals surface area contributed by atoms with Crippen molar-refractivity contribution in [1.82, 2.24) is 10.3 Å². The lowest BCUT2D eigenvalue weighted by Crippen LogP contribution is -2.33. The van der Waals surface area contributed by atoms with Crippen molar-refractivity contribution in [3.63, 3.8) is 0 Å². The van der Waals surface area contributed by atoms with Crippen LogP contribution in [0.1, 0.15) is 41.7 Å². The van der Waals surface area contributed by atoms with E-state index >= 15 is 0 Å². The minimum absolute atomic E-state index is 0.0903. The fourth-order valence-electron chi connectivity index (χ4n) is 2.97. The topological polar surface area (TPSA) is 68.0 Å². The van der Waals surface area contributed by atoms with Crippen LogP contribution in [0.5, 0.6) is 0 Å². The lowest BCUT2D eigenvalue weighted by Gasteiger charge is -2.13. The predicted octanol–water partition coefficient (Wildman–Crippen LogP) is 2.80. The standard InChI is InChI=1S/C16H19N3O/c1-10-8-13-12(14(17)9-10)6-7-18-15(13)16(20)19-11-4-2-3-5-11/h6-9,11H,2-5,17H2,1H3,(H,19,20). The van der Waals surface area contributed by atoms with Crippen LogP contribution in [-0.4, -0.2) is 16.9 Å². The largest absolute Gasteiger partial charge is 0.398 e. The Morgan fingerprint density at radius 3 is 2.80 bits per heavy atom. The number of hydrogen-bond donors (Lipinski definition) is 2. The molecule has 1 aliphatic rings. The van der Waals surface area contributed by atoms with E-state index in [0.29, 0.717) is 17.4 Å². The van der Waals surface area contributed by atoms with E-state index in [0.717, 1.165) is 29.2 Å². The van der Waals surface area contributed by atoms with Gasteiger partial charge in [0.2, 0.25) is 0 Å². The minimum Gasteiger partial charge on any atom is -0.398 e. The van der Waals surface area contributed by atoms with E-state index in [1.165, 1.54) is 12.8 Å². The Hall–Kier alpha value is -2.10. The lowest BCUT2D eigenvalue weighted by molar-refractivity contribution is 0.0934. The normalized spacial score (nSPS) is 15.7. The number of amides is 1. The van der Waals surface area contributed by atoms with Gasteiger partial charge in [0.1, 0.15) is 5.69 Å². The highest BCUT2D eigenvalue weighted by Crippen LogP contribution is 2.25. The van der Waals surface area contributed by atoms with Crippen LogP contribution >= 0.6 is 0 Å². The van der Waals surface area contributed by atoms with Gasteiger partial charge in [0.15, 0.2) is 0 Å². The Morgan fingerprint density at radius 1 is 1.30 bits per heavy atom. The van der Waals surface area contributed by atoms with Gasteiger partial charge in [0, 0.05) is 28.7 Å². The fourth-order valence-corrected chi connectivity index (χ4v) is 2.97. The van der Waals surface area contributed by atoms with Gasteiger partial charge in [-0.05, 0) is 43.5 Å². The smallest absolute Gasteiger partial charge is 0.270 e. The summed E-state index contributed by atoms with van der Waals surface area (Å²) >= 11 is 0. The summed E-state index contributed by atoms with van der Waals surface area (Å²) in [6, 6.07) is 6.04. The number of nitrogens with one attached hydrogen (secondary N) is 1. The molecule has 1 heterocycles. The predicted molar refractivity (Wildman–Crippen MR) is 80.6 cm³/mol. The van der Waals surface area contributed by atoms with Crippen molar-refractivity contribution in [2.75, 3.05) is 5.73 Å². The number of hydrogen-bond acceptors (Lipinski definition) is 3. The molecule has 1 aliphatic carbocycles. The maximum atomic E-state index is 12.4. The van der Waals surface area contributed by atoms with Gasteiger partial charge in [-0.1, -0.05) is 12.8 Å². The molecule has 0 unspecified atom stereocenters. The third kappa shape index (κ3) is 2.33. The number of anilines is 1. The second-order valence-electron chi connectivity index (χ2n) is 5.56. The average Bonchev–Trinajstić information content (AvgIpc) is 2.90. The number of carbonyl (C=O) groups is 1. The van der Waals surface area contributed by atoms with Crippen molar-refractivity contribution in [2.24, 2.45) is 0 Å². The molecular formula is C16H19N3O. The van der Waals surface area contributed by atoms with Gasteiger partial charge in [-0.2, -0.15) is 0 Å². The van der Waals surface area contributed by atoms with E-state index in [1.54, 1.807) is 6.20 Å². The lowest BCUT2D eigenvalue weighted by atomic mass is 10.0. The van der Waals surface area contributed by atoms with Crippen LogP contribution in [0.25, 0.3) is 10.8 Å². The van der Waals surface area contributed by atoms with Crippen LogP contribution in [0.4, 0.5) is 5.69 Å². The van der Waals surface area contributed by atoms with E-state index in [1.807, 2.05) is 25.1 Å². The van der Waals surface area contributed by atoms with Gasteiger partial charge in [-0.25, -0.2) is 0 Å². The van der Waals surface area contributed by atoms with Gasteiger partial charge in [-0.15, -0.1) is 0 Å². The first-order chi connectivity index (χ1) is 9.65. The molecule has 1 saturated carbocycles. The van der Waals surface area contributed by atoms with Crippen LogP contribution in [0, 0.1) is 6.92 Å². The Bertz CT molecular complexity index is 660. The molecule has 0 radical (unpaired) electrons.